The van der Waals surface area contributed by atoms with Gasteiger partial charge in [-0.2, -0.15) is 0 Å². The van der Waals surface area contributed by atoms with Crippen LogP contribution >= 0.6 is 24.0 Å². The lowest BCUT2D eigenvalue weighted by atomic mass is 10.1. The molecule has 0 aliphatic carbocycles. The van der Waals surface area contributed by atoms with Crippen LogP contribution in [0.2, 0.25) is 0 Å². The predicted molar refractivity (Wildman–Crippen MR) is 103 cm³/mol. The van der Waals surface area contributed by atoms with Crippen molar-refractivity contribution in [1.82, 2.24) is 16.0 Å². The third-order valence-electron chi connectivity index (χ3n) is 3.04. The number of guanidine groups is 1. The molecule has 0 unspecified atom stereocenters. The van der Waals surface area contributed by atoms with E-state index in [1.807, 2.05) is 13.8 Å². The van der Waals surface area contributed by atoms with Gasteiger partial charge in [0.05, 0.1) is 13.1 Å². The molecule has 0 fully saturated rings. The van der Waals surface area contributed by atoms with Crippen LogP contribution in [0, 0.1) is 13.8 Å². The Morgan fingerprint density at radius 1 is 1.09 bits per heavy atom. The first kappa shape index (κ1) is 20.7. The van der Waals surface area contributed by atoms with Gasteiger partial charge in [0.2, 0.25) is 5.91 Å². The molecule has 5 nitrogen and oxygen atoms in total. The molecule has 0 bridgehead atoms. The number of amides is 1. The topological polar surface area (TPSA) is 65.5 Å². The Balaban J connectivity index is 0.00000441. The molecule has 124 valence electrons. The number of hydrogen-bond acceptors (Lipinski definition) is 2. The highest BCUT2D eigenvalue weighted by Gasteiger charge is 2.03. The van der Waals surface area contributed by atoms with Gasteiger partial charge in [-0.15, -0.1) is 24.0 Å². The Bertz CT molecular complexity index is 503. The molecule has 0 radical (unpaired) electrons. The van der Waals surface area contributed by atoms with E-state index in [1.165, 1.54) is 16.7 Å². The van der Waals surface area contributed by atoms with Gasteiger partial charge in [-0.25, -0.2) is 4.99 Å². The van der Waals surface area contributed by atoms with Crippen molar-refractivity contribution in [2.24, 2.45) is 4.99 Å². The maximum atomic E-state index is 11.5. The van der Waals surface area contributed by atoms with Crippen molar-refractivity contribution < 1.29 is 4.79 Å². The normalized spacial score (nSPS) is 10.6. The number of aliphatic imine (C=N–C) groups is 1. The van der Waals surface area contributed by atoms with Gasteiger partial charge in [-0.05, 0) is 38.8 Å². The molecule has 1 aromatic carbocycles. The zero-order chi connectivity index (χ0) is 15.7. The highest BCUT2D eigenvalue weighted by atomic mass is 127. The average molecular weight is 418 g/mol. The molecule has 6 heteroatoms. The SMILES string of the molecule is CCNC(=O)CNC(=NCc1ccc(C)cc1C)NCC.I. The average Bonchev–Trinajstić information content (AvgIpc) is 2.44. The molecule has 3 N–H and O–H groups in total. The van der Waals surface area contributed by atoms with Crippen molar-refractivity contribution in [3.63, 3.8) is 0 Å². The summed E-state index contributed by atoms with van der Waals surface area (Å²) >= 11 is 0. The molecule has 22 heavy (non-hydrogen) atoms. The molecule has 0 heterocycles. The molecular weight excluding hydrogens is 391 g/mol. The number of aryl methyl sites for hydroxylation is 2. The van der Waals surface area contributed by atoms with E-state index < -0.39 is 0 Å². The quantitative estimate of drug-likeness (QED) is 0.377. The van der Waals surface area contributed by atoms with Crippen molar-refractivity contribution in [1.29, 1.82) is 0 Å². The Hall–Kier alpha value is -1.31. The fraction of sp³-hybridized carbons (Fsp3) is 0.500. The summed E-state index contributed by atoms with van der Waals surface area (Å²) in [5.74, 6) is 0.623. The largest absolute Gasteiger partial charge is 0.357 e. The van der Waals surface area contributed by atoms with Gasteiger partial charge in [0.1, 0.15) is 0 Å². The van der Waals surface area contributed by atoms with E-state index in [2.05, 4.69) is 53.0 Å². The number of benzene rings is 1. The summed E-state index contributed by atoms with van der Waals surface area (Å²) in [6.45, 7) is 10.3. The van der Waals surface area contributed by atoms with Crippen molar-refractivity contribution in [3.05, 3.63) is 34.9 Å². The zero-order valence-electron chi connectivity index (χ0n) is 13.8. The lowest BCUT2D eigenvalue weighted by molar-refractivity contribution is -0.119. The van der Waals surface area contributed by atoms with Gasteiger partial charge >= 0.3 is 0 Å². The minimum atomic E-state index is -0.0328. The van der Waals surface area contributed by atoms with Crippen molar-refractivity contribution in [3.8, 4) is 0 Å². The van der Waals surface area contributed by atoms with Crippen LogP contribution in [0.4, 0.5) is 0 Å². The van der Waals surface area contributed by atoms with Gasteiger partial charge in [-0.1, -0.05) is 23.8 Å². The van der Waals surface area contributed by atoms with Crippen LogP contribution in [0.1, 0.15) is 30.5 Å². The first-order chi connectivity index (χ1) is 10.1. The first-order valence-electron chi connectivity index (χ1n) is 7.41. The Labute approximate surface area is 150 Å². The number of likely N-dealkylation sites (N-methyl/N-ethyl adjacent to an activating group) is 1. The Morgan fingerprint density at radius 2 is 1.77 bits per heavy atom. The lowest BCUT2D eigenvalue weighted by Crippen LogP contribution is -2.43. The second-order valence-corrected chi connectivity index (χ2v) is 4.93. The summed E-state index contributed by atoms with van der Waals surface area (Å²) in [5, 5.41) is 8.92. The molecule has 0 aliphatic heterocycles. The number of nitrogens with zero attached hydrogens (tertiary/aromatic N) is 1. The van der Waals surface area contributed by atoms with E-state index in [0.29, 0.717) is 19.0 Å². The van der Waals surface area contributed by atoms with Gasteiger partial charge < -0.3 is 16.0 Å². The summed E-state index contributed by atoms with van der Waals surface area (Å²) in [5.41, 5.74) is 3.68. The fourth-order valence-corrected chi connectivity index (χ4v) is 1.95. The highest BCUT2D eigenvalue weighted by molar-refractivity contribution is 14.0. The van der Waals surface area contributed by atoms with Crippen molar-refractivity contribution >= 4 is 35.8 Å². The number of hydrogen-bond donors (Lipinski definition) is 3. The molecule has 0 saturated carbocycles. The second kappa shape index (κ2) is 11.3. The maximum Gasteiger partial charge on any atom is 0.239 e. The Kier molecular flexibility index (Phi) is 10.6. The van der Waals surface area contributed by atoms with Gasteiger partial charge in [0, 0.05) is 13.1 Å². The summed E-state index contributed by atoms with van der Waals surface area (Å²) in [6, 6.07) is 6.34. The second-order valence-electron chi connectivity index (χ2n) is 4.93. The standard InChI is InChI=1S/C16H26N4O.HI/c1-5-17-15(21)11-20-16(18-6-2)19-10-14-8-7-12(3)9-13(14)4;/h7-9H,5-6,10-11H2,1-4H3,(H,17,21)(H2,18,19,20);1H. The van der Waals surface area contributed by atoms with Crippen LogP contribution in [-0.4, -0.2) is 31.5 Å². The minimum Gasteiger partial charge on any atom is -0.357 e. The minimum absolute atomic E-state index is 0. The van der Waals surface area contributed by atoms with Gasteiger partial charge in [-0.3, -0.25) is 4.79 Å². The van der Waals surface area contributed by atoms with Crippen LogP contribution in [0.25, 0.3) is 0 Å². The molecular formula is C16H27IN4O. The summed E-state index contributed by atoms with van der Waals surface area (Å²) in [6.07, 6.45) is 0. The molecule has 0 aliphatic rings. The predicted octanol–water partition coefficient (Wildman–Crippen LogP) is 2.11. The van der Waals surface area contributed by atoms with E-state index in [0.717, 1.165) is 6.54 Å². The van der Waals surface area contributed by atoms with Crippen LogP contribution in [-0.2, 0) is 11.3 Å². The Morgan fingerprint density at radius 3 is 2.36 bits per heavy atom. The van der Waals surface area contributed by atoms with Crippen molar-refractivity contribution in [2.45, 2.75) is 34.2 Å². The smallest absolute Gasteiger partial charge is 0.239 e. The monoisotopic (exact) mass is 418 g/mol. The molecule has 1 rings (SSSR count). The molecule has 0 saturated heterocycles. The summed E-state index contributed by atoms with van der Waals surface area (Å²) < 4.78 is 0. The van der Waals surface area contributed by atoms with E-state index in [4.69, 9.17) is 0 Å². The summed E-state index contributed by atoms with van der Waals surface area (Å²) in [7, 11) is 0. The molecule has 1 aromatic rings. The van der Waals surface area contributed by atoms with E-state index in [1.54, 1.807) is 0 Å². The van der Waals surface area contributed by atoms with E-state index in [-0.39, 0.29) is 36.4 Å². The number of carbonyl (C=O) groups excluding carboxylic acids is 1. The van der Waals surface area contributed by atoms with Gasteiger partial charge in [0.25, 0.3) is 0 Å². The molecule has 0 atom stereocenters. The lowest BCUT2D eigenvalue weighted by Gasteiger charge is -2.11. The number of rotatable bonds is 6. The third kappa shape index (κ3) is 7.63. The highest BCUT2D eigenvalue weighted by Crippen LogP contribution is 2.11. The number of halogens is 1. The number of nitrogens with one attached hydrogen (secondary N) is 3. The number of carbonyl (C=O) groups is 1. The van der Waals surface area contributed by atoms with E-state index >= 15 is 0 Å². The third-order valence-corrected chi connectivity index (χ3v) is 3.04. The van der Waals surface area contributed by atoms with Crippen LogP contribution < -0.4 is 16.0 Å². The maximum absolute atomic E-state index is 11.5. The summed E-state index contributed by atoms with van der Waals surface area (Å²) in [4.78, 5) is 16.0. The first-order valence-corrected chi connectivity index (χ1v) is 7.41. The van der Waals surface area contributed by atoms with Crippen LogP contribution in [0.5, 0.6) is 0 Å². The molecule has 0 spiro atoms. The van der Waals surface area contributed by atoms with Crippen molar-refractivity contribution in [2.75, 3.05) is 19.6 Å². The zero-order valence-corrected chi connectivity index (χ0v) is 16.2. The van der Waals surface area contributed by atoms with Crippen LogP contribution in [0.3, 0.4) is 0 Å². The van der Waals surface area contributed by atoms with E-state index in [9.17, 15) is 4.79 Å². The molecule has 0 aromatic heterocycles. The fourth-order valence-electron chi connectivity index (χ4n) is 1.95. The van der Waals surface area contributed by atoms with Gasteiger partial charge in [0.15, 0.2) is 5.96 Å². The molecule has 1 amide bonds. The van der Waals surface area contributed by atoms with Crippen LogP contribution in [0.15, 0.2) is 23.2 Å².